The van der Waals surface area contributed by atoms with E-state index in [-0.39, 0.29) is 6.04 Å². The summed E-state index contributed by atoms with van der Waals surface area (Å²) in [5.41, 5.74) is 0.939. The lowest BCUT2D eigenvalue weighted by atomic mass is 10.2. The van der Waals surface area contributed by atoms with Crippen molar-refractivity contribution in [3.63, 3.8) is 0 Å². The van der Waals surface area contributed by atoms with Gasteiger partial charge < -0.3 is 5.32 Å². The van der Waals surface area contributed by atoms with Crippen molar-refractivity contribution in [2.75, 3.05) is 7.05 Å². The molecular weight excluding hydrogens is 328 g/mol. The summed E-state index contributed by atoms with van der Waals surface area (Å²) in [5, 5.41) is 3.01. The maximum Gasteiger partial charge on any atom is 0.241 e. The smallest absolute Gasteiger partial charge is 0.241 e. The van der Waals surface area contributed by atoms with Crippen LogP contribution in [0.3, 0.4) is 0 Å². The molecule has 0 amide bonds. The Bertz CT molecular complexity index is 517. The van der Waals surface area contributed by atoms with Crippen LogP contribution < -0.4 is 10.0 Å². The van der Waals surface area contributed by atoms with Crippen LogP contribution in [0.2, 0.25) is 0 Å². The molecule has 0 bridgehead atoms. The molecule has 2 N–H and O–H groups in total. The zero-order valence-corrected chi connectivity index (χ0v) is 13.9. The number of halogens is 1. The molecule has 1 unspecified atom stereocenters. The van der Waals surface area contributed by atoms with Crippen LogP contribution in [-0.2, 0) is 16.6 Å². The third-order valence-corrected chi connectivity index (χ3v) is 5.33. The minimum absolute atomic E-state index is 0.0603. The predicted molar refractivity (Wildman–Crippen MR) is 81.6 cm³/mol. The van der Waals surface area contributed by atoms with Crippen LogP contribution in [0.5, 0.6) is 0 Å². The second kappa shape index (κ2) is 7.38. The summed E-state index contributed by atoms with van der Waals surface area (Å²) < 4.78 is 28.0. The Morgan fingerprint density at radius 2 is 2.05 bits per heavy atom. The first-order chi connectivity index (χ1) is 8.90. The Morgan fingerprint density at radius 3 is 2.63 bits per heavy atom. The van der Waals surface area contributed by atoms with E-state index in [0.717, 1.165) is 18.4 Å². The Kier molecular flexibility index (Phi) is 6.46. The SMILES string of the molecule is CCCC(C)NS(=O)(=O)c1cc(CNC)ccc1Br. The van der Waals surface area contributed by atoms with Crippen molar-refractivity contribution in [2.24, 2.45) is 0 Å². The van der Waals surface area contributed by atoms with E-state index in [2.05, 4.69) is 26.0 Å². The number of nitrogens with one attached hydrogen (secondary N) is 2. The van der Waals surface area contributed by atoms with Gasteiger partial charge in [-0.25, -0.2) is 13.1 Å². The van der Waals surface area contributed by atoms with Crippen molar-refractivity contribution < 1.29 is 8.42 Å². The number of rotatable bonds is 7. The first-order valence-corrected chi connectivity index (χ1v) is 8.63. The lowest BCUT2D eigenvalue weighted by Crippen LogP contribution is -2.32. The van der Waals surface area contributed by atoms with Crippen LogP contribution in [0, 0.1) is 0 Å². The third-order valence-electron chi connectivity index (χ3n) is 2.74. The van der Waals surface area contributed by atoms with Crippen LogP contribution in [0.4, 0.5) is 0 Å². The van der Waals surface area contributed by atoms with E-state index in [4.69, 9.17) is 0 Å². The Hall–Kier alpha value is -0.430. The van der Waals surface area contributed by atoms with Crippen LogP contribution in [0.25, 0.3) is 0 Å². The first kappa shape index (κ1) is 16.6. The van der Waals surface area contributed by atoms with Gasteiger partial charge in [-0.2, -0.15) is 0 Å². The molecule has 0 saturated carbocycles. The van der Waals surface area contributed by atoms with Crippen molar-refractivity contribution in [2.45, 2.75) is 44.2 Å². The minimum atomic E-state index is -3.48. The van der Waals surface area contributed by atoms with Crippen LogP contribution >= 0.6 is 15.9 Å². The fourth-order valence-electron chi connectivity index (χ4n) is 1.89. The van der Waals surface area contributed by atoms with Gasteiger partial charge in [0.2, 0.25) is 10.0 Å². The molecule has 0 aromatic heterocycles. The highest BCUT2D eigenvalue weighted by molar-refractivity contribution is 9.10. The molecule has 1 aromatic carbocycles. The fourth-order valence-corrected chi connectivity index (χ4v) is 4.18. The molecule has 4 nitrogen and oxygen atoms in total. The summed E-state index contributed by atoms with van der Waals surface area (Å²) in [4.78, 5) is 0.295. The zero-order chi connectivity index (χ0) is 14.5. The maximum absolute atomic E-state index is 12.3. The van der Waals surface area contributed by atoms with E-state index < -0.39 is 10.0 Å². The average Bonchev–Trinajstić information content (AvgIpc) is 2.31. The minimum Gasteiger partial charge on any atom is -0.316 e. The molecule has 0 aliphatic carbocycles. The van der Waals surface area contributed by atoms with Crippen molar-refractivity contribution >= 4 is 26.0 Å². The van der Waals surface area contributed by atoms with Gasteiger partial charge in [-0.05, 0) is 54.0 Å². The van der Waals surface area contributed by atoms with E-state index in [1.54, 1.807) is 12.1 Å². The van der Waals surface area contributed by atoms with Gasteiger partial charge in [0.05, 0.1) is 4.90 Å². The largest absolute Gasteiger partial charge is 0.316 e. The number of benzene rings is 1. The van der Waals surface area contributed by atoms with Crippen LogP contribution in [-0.4, -0.2) is 21.5 Å². The Morgan fingerprint density at radius 1 is 1.37 bits per heavy atom. The van der Waals surface area contributed by atoms with Gasteiger partial charge in [-0.15, -0.1) is 0 Å². The maximum atomic E-state index is 12.3. The number of hydrogen-bond donors (Lipinski definition) is 2. The second-order valence-electron chi connectivity index (χ2n) is 4.61. The second-order valence-corrected chi connectivity index (χ2v) is 7.14. The standard InChI is InChI=1S/C13H21BrN2O2S/c1-4-5-10(2)16-19(17,18)13-8-11(9-15-3)6-7-12(13)14/h6-8,10,15-16H,4-5,9H2,1-3H3. The van der Waals surface area contributed by atoms with Gasteiger partial charge in [0, 0.05) is 17.1 Å². The third kappa shape index (κ3) is 4.87. The predicted octanol–water partition coefficient (Wildman–Crippen LogP) is 2.64. The normalized spacial score (nSPS) is 13.5. The molecule has 1 rings (SSSR count). The molecule has 0 fully saturated rings. The van der Waals surface area contributed by atoms with E-state index in [1.165, 1.54) is 0 Å². The van der Waals surface area contributed by atoms with Crippen molar-refractivity contribution in [3.8, 4) is 0 Å². The van der Waals surface area contributed by atoms with Gasteiger partial charge in [-0.3, -0.25) is 0 Å². The summed E-state index contributed by atoms with van der Waals surface area (Å²) >= 11 is 3.31. The quantitative estimate of drug-likeness (QED) is 0.796. The molecule has 0 aliphatic heterocycles. The highest BCUT2D eigenvalue weighted by Gasteiger charge is 2.20. The van der Waals surface area contributed by atoms with Crippen molar-refractivity contribution in [1.29, 1.82) is 0 Å². The molecule has 1 aromatic rings. The van der Waals surface area contributed by atoms with E-state index >= 15 is 0 Å². The Balaban J connectivity index is 3.02. The van der Waals surface area contributed by atoms with Gasteiger partial charge in [0.1, 0.15) is 0 Å². The van der Waals surface area contributed by atoms with Gasteiger partial charge >= 0.3 is 0 Å². The molecule has 108 valence electrons. The number of sulfonamides is 1. The average molecular weight is 349 g/mol. The summed E-state index contributed by atoms with van der Waals surface area (Å²) in [6.07, 6.45) is 1.78. The molecule has 0 aliphatic rings. The fraction of sp³-hybridized carbons (Fsp3) is 0.538. The molecular formula is C13H21BrN2O2S. The molecule has 19 heavy (non-hydrogen) atoms. The molecule has 0 saturated heterocycles. The lowest BCUT2D eigenvalue weighted by molar-refractivity contribution is 0.543. The zero-order valence-electron chi connectivity index (χ0n) is 11.5. The monoisotopic (exact) mass is 348 g/mol. The van der Waals surface area contributed by atoms with Crippen molar-refractivity contribution in [3.05, 3.63) is 28.2 Å². The van der Waals surface area contributed by atoms with Crippen molar-refractivity contribution in [1.82, 2.24) is 10.0 Å². The summed E-state index contributed by atoms with van der Waals surface area (Å²) in [5.74, 6) is 0. The molecule has 6 heteroatoms. The topological polar surface area (TPSA) is 58.2 Å². The Labute approximate surface area is 124 Å². The molecule has 0 heterocycles. The summed E-state index contributed by atoms with van der Waals surface area (Å²) in [6, 6.07) is 5.30. The molecule has 0 spiro atoms. The first-order valence-electron chi connectivity index (χ1n) is 6.36. The molecule has 1 atom stereocenters. The van der Waals surface area contributed by atoms with Crippen LogP contribution in [0.15, 0.2) is 27.6 Å². The molecule has 0 radical (unpaired) electrons. The highest BCUT2D eigenvalue weighted by Crippen LogP contribution is 2.23. The van der Waals surface area contributed by atoms with Gasteiger partial charge in [-0.1, -0.05) is 19.4 Å². The summed E-state index contributed by atoms with van der Waals surface area (Å²) in [7, 11) is -1.65. The summed E-state index contributed by atoms with van der Waals surface area (Å²) in [6.45, 7) is 4.56. The van der Waals surface area contributed by atoms with Gasteiger partial charge in [0.15, 0.2) is 0 Å². The van der Waals surface area contributed by atoms with E-state index in [9.17, 15) is 8.42 Å². The lowest BCUT2D eigenvalue weighted by Gasteiger charge is -2.15. The van der Waals surface area contributed by atoms with E-state index in [1.807, 2.05) is 27.0 Å². The highest BCUT2D eigenvalue weighted by atomic mass is 79.9. The van der Waals surface area contributed by atoms with Gasteiger partial charge in [0.25, 0.3) is 0 Å². The van der Waals surface area contributed by atoms with Crippen LogP contribution in [0.1, 0.15) is 32.3 Å². The van der Waals surface area contributed by atoms with E-state index in [0.29, 0.717) is 15.9 Å². The number of hydrogen-bond acceptors (Lipinski definition) is 3.